The Labute approximate surface area is 252 Å². The molecule has 4 N–H and O–H groups in total. The van der Waals surface area contributed by atoms with Crippen molar-refractivity contribution in [3.63, 3.8) is 0 Å². The number of benzene rings is 3. The predicted octanol–water partition coefficient (Wildman–Crippen LogP) is 7.80. The molecule has 0 saturated heterocycles. The van der Waals surface area contributed by atoms with E-state index in [9.17, 15) is 13.6 Å². The molecule has 0 aliphatic carbocycles. The first kappa shape index (κ1) is 32.9. The molecule has 0 amide bonds. The summed E-state index contributed by atoms with van der Waals surface area (Å²) in [6.07, 6.45) is 6.87. The Hall–Kier alpha value is -4.58. The Morgan fingerprint density at radius 3 is 2.23 bits per heavy atom. The minimum atomic E-state index is -3.54. The van der Waals surface area contributed by atoms with Crippen LogP contribution in [0.1, 0.15) is 68.1 Å². The molecule has 9 heteroatoms. The van der Waals surface area contributed by atoms with Crippen molar-refractivity contribution >= 4 is 23.4 Å². The number of ether oxygens (including phenoxy) is 3. The Morgan fingerprint density at radius 1 is 0.837 bits per heavy atom. The lowest BCUT2D eigenvalue weighted by molar-refractivity contribution is -0.185. The zero-order valence-electron chi connectivity index (χ0n) is 24.3. The van der Waals surface area contributed by atoms with Crippen molar-refractivity contribution in [3.05, 3.63) is 89.5 Å². The number of esters is 1. The number of carbonyl (C=O) groups is 1. The highest BCUT2D eigenvalue weighted by atomic mass is 19.3. The van der Waals surface area contributed by atoms with Crippen LogP contribution in [0.5, 0.6) is 11.5 Å². The number of nitriles is 1. The lowest BCUT2D eigenvalue weighted by atomic mass is 10.0. The second kappa shape index (κ2) is 17.4. The van der Waals surface area contributed by atoms with Crippen molar-refractivity contribution < 1.29 is 27.8 Å². The van der Waals surface area contributed by atoms with Crippen LogP contribution >= 0.6 is 0 Å². The number of anilines is 2. The Bertz CT molecular complexity index is 1350. The van der Waals surface area contributed by atoms with Gasteiger partial charge in [0.1, 0.15) is 11.5 Å². The summed E-state index contributed by atoms with van der Waals surface area (Å²) in [4.78, 5) is 12.0. The molecule has 0 saturated carbocycles. The summed E-state index contributed by atoms with van der Waals surface area (Å²) >= 11 is 0. The number of hydrogen-bond acceptors (Lipinski definition) is 7. The smallest absolute Gasteiger partial charge is 0.426 e. The van der Waals surface area contributed by atoms with Crippen molar-refractivity contribution in [2.45, 2.75) is 63.9 Å². The highest BCUT2D eigenvalue weighted by Crippen LogP contribution is 2.32. The third-order valence-electron chi connectivity index (χ3n) is 6.68. The van der Waals surface area contributed by atoms with Crippen LogP contribution in [0.3, 0.4) is 0 Å². The Balaban J connectivity index is 1.35. The Kier molecular flexibility index (Phi) is 13.3. The van der Waals surface area contributed by atoms with E-state index in [1.54, 1.807) is 24.3 Å². The van der Waals surface area contributed by atoms with Crippen molar-refractivity contribution in [2.75, 3.05) is 24.7 Å². The fourth-order valence-electron chi connectivity index (χ4n) is 4.27. The first-order chi connectivity index (χ1) is 20.8. The number of carbonyl (C=O) groups excluding carboxylic acids is 1. The second-order valence-corrected chi connectivity index (χ2v) is 10.2. The second-order valence-electron chi connectivity index (χ2n) is 10.2. The zero-order chi connectivity index (χ0) is 30.9. The maximum Gasteiger partial charge on any atom is 0.426 e. The van der Waals surface area contributed by atoms with Crippen LogP contribution in [0.4, 0.5) is 20.2 Å². The molecule has 0 aliphatic rings. The summed E-state index contributed by atoms with van der Waals surface area (Å²) in [6, 6.07) is 19.2. The van der Waals surface area contributed by atoms with Gasteiger partial charge in [-0.15, -0.1) is 0 Å². The van der Waals surface area contributed by atoms with E-state index in [2.05, 4.69) is 6.07 Å². The molecule has 3 aromatic rings. The third-order valence-corrected chi connectivity index (χ3v) is 6.68. The number of aryl methyl sites for hydroxylation is 1. The van der Waals surface area contributed by atoms with E-state index in [0.29, 0.717) is 42.3 Å². The van der Waals surface area contributed by atoms with E-state index in [1.165, 1.54) is 42.5 Å². The monoisotopic (exact) mass is 591 g/mol. The normalized spacial score (nSPS) is 11.3. The Morgan fingerprint density at radius 2 is 1.51 bits per heavy atom. The van der Waals surface area contributed by atoms with Crippen LogP contribution in [0.15, 0.2) is 72.8 Å². The molecule has 3 rings (SSSR count). The number of rotatable bonds is 18. The molecule has 0 unspecified atom stereocenters. The average Bonchev–Trinajstić information content (AvgIpc) is 2.99. The van der Waals surface area contributed by atoms with Gasteiger partial charge >= 0.3 is 12.1 Å². The van der Waals surface area contributed by atoms with Gasteiger partial charge < -0.3 is 25.7 Å². The van der Waals surface area contributed by atoms with Crippen LogP contribution in [0, 0.1) is 11.3 Å². The van der Waals surface area contributed by atoms with Gasteiger partial charge in [-0.3, -0.25) is 0 Å². The molecule has 0 radical (unpaired) electrons. The maximum atomic E-state index is 14.7. The van der Waals surface area contributed by atoms with Gasteiger partial charge in [-0.2, -0.15) is 14.0 Å². The van der Waals surface area contributed by atoms with Gasteiger partial charge in [0.15, 0.2) is 0 Å². The summed E-state index contributed by atoms with van der Waals surface area (Å²) < 4.78 is 45.3. The van der Waals surface area contributed by atoms with Crippen molar-refractivity contribution in [2.24, 2.45) is 0 Å². The number of hydrogen-bond donors (Lipinski definition) is 2. The molecular weight excluding hydrogens is 552 g/mol. The SMILES string of the molecule is N#CCCCCCCOc1ccc(C(F)(F)Oc2ccc(/C=C/C(=O)OCCCCCc3ccc(N)cc3N)cc2)cc1. The van der Waals surface area contributed by atoms with E-state index in [-0.39, 0.29) is 11.3 Å². The van der Waals surface area contributed by atoms with Gasteiger partial charge in [0.2, 0.25) is 0 Å². The first-order valence-corrected chi connectivity index (χ1v) is 14.5. The molecule has 0 heterocycles. The summed E-state index contributed by atoms with van der Waals surface area (Å²) in [7, 11) is 0. The average molecular weight is 592 g/mol. The van der Waals surface area contributed by atoms with E-state index < -0.39 is 12.1 Å². The van der Waals surface area contributed by atoms with Gasteiger partial charge in [-0.25, -0.2) is 4.79 Å². The molecule has 0 bridgehead atoms. The minimum absolute atomic E-state index is 0.0119. The van der Waals surface area contributed by atoms with Crippen LogP contribution in [0.2, 0.25) is 0 Å². The molecule has 7 nitrogen and oxygen atoms in total. The van der Waals surface area contributed by atoms with E-state index in [1.807, 2.05) is 12.1 Å². The van der Waals surface area contributed by atoms with Crippen LogP contribution in [-0.2, 0) is 22.1 Å². The summed E-state index contributed by atoms with van der Waals surface area (Å²) in [5.74, 6) is 0.0195. The number of alkyl halides is 2. The molecule has 228 valence electrons. The quantitative estimate of drug-likeness (QED) is 0.0670. The van der Waals surface area contributed by atoms with Crippen molar-refractivity contribution in [3.8, 4) is 17.6 Å². The highest BCUT2D eigenvalue weighted by molar-refractivity contribution is 5.87. The first-order valence-electron chi connectivity index (χ1n) is 14.5. The maximum absolute atomic E-state index is 14.7. The highest BCUT2D eigenvalue weighted by Gasteiger charge is 2.34. The van der Waals surface area contributed by atoms with E-state index in [4.69, 9.17) is 30.9 Å². The van der Waals surface area contributed by atoms with Crippen molar-refractivity contribution in [1.29, 1.82) is 5.26 Å². The van der Waals surface area contributed by atoms with Gasteiger partial charge in [-0.1, -0.05) is 31.0 Å². The fraction of sp³-hybridized carbons (Fsp3) is 0.353. The zero-order valence-corrected chi connectivity index (χ0v) is 24.3. The number of nitrogen functional groups attached to an aromatic ring is 2. The number of nitrogens with zero attached hydrogens (tertiary/aromatic N) is 1. The van der Waals surface area contributed by atoms with Crippen LogP contribution in [0.25, 0.3) is 6.08 Å². The molecular formula is C34H39F2N3O4. The molecule has 43 heavy (non-hydrogen) atoms. The number of nitrogens with two attached hydrogens (primary N) is 2. The van der Waals surface area contributed by atoms with Gasteiger partial charge in [-0.05, 0) is 104 Å². The molecule has 0 fully saturated rings. The van der Waals surface area contributed by atoms with Gasteiger partial charge in [0.05, 0.1) is 24.8 Å². The summed E-state index contributed by atoms with van der Waals surface area (Å²) in [5.41, 5.74) is 14.4. The van der Waals surface area contributed by atoms with Gasteiger partial charge in [0, 0.05) is 23.9 Å². The number of unbranched alkanes of at least 4 members (excludes halogenated alkanes) is 6. The third kappa shape index (κ3) is 12.0. The molecule has 0 atom stereocenters. The predicted molar refractivity (Wildman–Crippen MR) is 164 cm³/mol. The number of halogens is 2. The molecule has 0 aliphatic heterocycles. The topological polar surface area (TPSA) is 121 Å². The molecule has 3 aromatic carbocycles. The lowest BCUT2D eigenvalue weighted by Crippen LogP contribution is -2.21. The molecule has 0 aromatic heterocycles. The lowest BCUT2D eigenvalue weighted by Gasteiger charge is -2.18. The minimum Gasteiger partial charge on any atom is -0.494 e. The molecule has 0 spiro atoms. The van der Waals surface area contributed by atoms with Crippen LogP contribution < -0.4 is 20.9 Å². The van der Waals surface area contributed by atoms with Crippen molar-refractivity contribution in [1.82, 2.24) is 0 Å². The van der Waals surface area contributed by atoms with Gasteiger partial charge in [0.25, 0.3) is 0 Å². The van der Waals surface area contributed by atoms with Crippen LogP contribution in [-0.4, -0.2) is 19.2 Å². The summed E-state index contributed by atoms with van der Waals surface area (Å²) in [6.45, 7) is 0.791. The standard InChI is InChI=1S/C34H39F2N3O4/c35-34(36,28-14-19-30(20-15-28)41-23-7-3-1-2-6-22-37)43-31-17-10-26(11-18-31)12-21-33(40)42-24-8-4-5-9-27-13-16-29(38)25-32(27)39/h10-21,25H,1-9,23-24,38-39H2/b21-12+. The summed E-state index contributed by atoms with van der Waals surface area (Å²) in [5, 5.41) is 8.54. The van der Waals surface area contributed by atoms with E-state index in [0.717, 1.165) is 56.9 Å². The fourth-order valence-corrected chi connectivity index (χ4v) is 4.27. The van der Waals surface area contributed by atoms with E-state index >= 15 is 0 Å². The largest absolute Gasteiger partial charge is 0.494 e.